The number of nitrogens with zero attached hydrogens (tertiary/aromatic N) is 4. The average Bonchev–Trinajstić information content (AvgIpc) is 2.77. The van der Waals surface area contributed by atoms with Gasteiger partial charge in [-0.3, -0.25) is 9.69 Å². The summed E-state index contributed by atoms with van der Waals surface area (Å²) in [4.78, 5) is 13.2. The first kappa shape index (κ1) is 14.6. The van der Waals surface area contributed by atoms with Crippen LogP contribution in [0.25, 0.3) is 0 Å². The minimum Gasteiger partial charge on any atom is -0.469 e. The Morgan fingerprint density at radius 2 is 2.22 bits per heavy atom. The van der Waals surface area contributed by atoms with E-state index in [1.54, 1.807) is 13.4 Å². The molecule has 7 nitrogen and oxygen atoms in total. The van der Waals surface area contributed by atoms with E-state index in [1.165, 1.54) is 7.11 Å². The second kappa shape index (κ2) is 7.78. The second-order valence-electron chi connectivity index (χ2n) is 3.95. The maximum absolute atomic E-state index is 11.1. The van der Waals surface area contributed by atoms with Crippen LogP contribution in [-0.4, -0.2) is 59.5 Å². The normalized spacial score (nSPS) is 10.9. The van der Waals surface area contributed by atoms with Crippen LogP contribution in [0.3, 0.4) is 0 Å². The molecule has 0 saturated heterocycles. The minimum absolute atomic E-state index is 0.213. The van der Waals surface area contributed by atoms with E-state index in [9.17, 15) is 4.79 Å². The smallest absolute Gasteiger partial charge is 0.306 e. The van der Waals surface area contributed by atoms with E-state index in [0.717, 1.165) is 12.4 Å². The van der Waals surface area contributed by atoms with Gasteiger partial charge in [0, 0.05) is 27.2 Å². The van der Waals surface area contributed by atoms with Crippen LogP contribution in [-0.2, 0) is 27.9 Å². The number of rotatable bonds is 8. The highest BCUT2D eigenvalue weighted by molar-refractivity contribution is 5.69. The van der Waals surface area contributed by atoms with Crippen molar-refractivity contribution in [3.8, 4) is 0 Å². The van der Waals surface area contributed by atoms with Gasteiger partial charge in [0.1, 0.15) is 12.2 Å². The number of methoxy groups -OCH3 is 2. The molecule has 1 rings (SSSR count). The molecule has 0 unspecified atom stereocenters. The SMILES string of the molecule is COCCN(CCC(=O)OC)Cc1nncn1C. The lowest BCUT2D eigenvalue weighted by atomic mass is 10.3. The molecule has 0 fully saturated rings. The maximum Gasteiger partial charge on any atom is 0.306 e. The summed E-state index contributed by atoms with van der Waals surface area (Å²) in [5.74, 6) is 0.645. The number of aromatic nitrogens is 3. The fourth-order valence-corrected chi connectivity index (χ4v) is 1.49. The van der Waals surface area contributed by atoms with E-state index in [0.29, 0.717) is 26.1 Å². The summed E-state index contributed by atoms with van der Waals surface area (Å²) in [5.41, 5.74) is 0. The van der Waals surface area contributed by atoms with E-state index in [-0.39, 0.29) is 5.97 Å². The Bertz CT molecular complexity index is 367. The molecule has 0 spiro atoms. The van der Waals surface area contributed by atoms with Crippen LogP contribution in [0.15, 0.2) is 6.33 Å². The third kappa shape index (κ3) is 4.80. The first-order chi connectivity index (χ1) is 8.67. The lowest BCUT2D eigenvalue weighted by Crippen LogP contribution is -2.30. The molecule has 1 heterocycles. The molecule has 0 aliphatic rings. The zero-order chi connectivity index (χ0) is 13.4. The Kier molecular flexibility index (Phi) is 6.31. The molecule has 0 atom stereocenters. The Labute approximate surface area is 107 Å². The summed E-state index contributed by atoms with van der Waals surface area (Å²) >= 11 is 0. The Morgan fingerprint density at radius 1 is 1.44 bits per heavy atom. The molecule has 0 amide bonds. The third-order valence-corrected chi connectivity index (χ3v) is 2.64. The quantitative estimate of drug-likeness (QED) is 0.601. The minimum atomic E-state index is -0.213. The van der Waals surface area contributed by atoms with Gasteiger partial charge in [0.05, 0.1) is 26.7 Å². The third-order valence-electron chi connectivity index (χ3n) is 2.64. The largest absolute Gasteiger partial charge is 0.469 e. The summed E-state index contributed by atoms with van der Waals surface area (Å²) in [6.45, 7) is 2.60. The second-order valence-corrected chi connectivity index (χ2v) is 3.95. The number of aryl methyl sites for hydroxylation is 1. The van der Waals surface area contributed by atoms with Crippen molar-refractivity contribution < 1.29 is 14.3 Å². The van der Waals surface area contributed by atoms with Crippen molar-refractivity contribution in [3.05, 3.63) is 12.2 Å². The van der Waals surface area contributed by atoms with Gasteiger partial charge in [-0.2, -0.15) is 0 Å². The van der Waals surface area contributed by atoms with Crippen LogP contribution < -0.4 is 0 Å². The van der Waals surface area contributed by atoms with Gasteiger partial charge in [-0.25, -0.2) is 0 Å². The van der Waals surface area contributed by atoms with Crippen molar-refractivity contribution >= 4 is 5.97 Å². The summed E-state index contributed by atoms with van der Waals surface area (Å²) in [7, 11) is 4.94. The molecule has 102 valence electrons. The van der Waals surface area contributed by atoms with E-state index in [4.69, 9.17) is 4.74 Å². The molecule has 0 aliphatic heterocycles. The Morgan fingerprint density at radius 3 is 2.78 bits per heavy atom. The van der Waals surface area contributed by atoms with Gasteiger partial charge < -0.3 is 14.0 Å². The molecule has 1 aromatic rings. The van der Waals surface area contributed by atoms with E-state index in [1.807, 2.05) is 11.6 Å². The molecule has 0 radical (unpaired) electrons. The number of hydrogen-bond donors (Lipinski definition) is 0. The van der Waals surface area contributed by atoms with Crippen LogP contribution in [0.1, 0.15) is 12.2 Å². The fraction of sp³-hybridized carbons (Fsp3) is 0.727. The zero-order valence-corrected chi connectivity index (χ0v) is 11.1. The molecule has 7 heteroatoms. The molecule has 0 bridgehead atoms. The number of carbonyl (C=O) groups is 1. The van der Waals surface area contributed by atoms with Crippen LogP contribution in [0.5, 0.6) is 0 Å². The number of esters is 1. The molecule has 18 heavy (non-hydrogen) atoms. The van der Waals surface area contributed by atoms with Crippen LogP contribution in [0.4, 0.5) is 0 Å². The molecule has 0 aliphatic carbocycles. The van der Waals surface area contributed by atoms with Gasteiger partial charge >= 0.3 is 5.97 Å². The maximum atomic E-state index is 11.1. The summed E-state index contributed by atoms with van der Waals surface area (Å²) < 4.78 is 11.5. The van der Waals surface area contributed by atoms with Crippen molar-refractivity contribution in [2.45, 2.75) is 13.0 Å². The molecular weight excluding hydrogens is 236 g/mol. The van der Waals surface area contributed by atoms with Crippen molar-refractivity contribution in [1.29, 1.82) is 0 Å². The highest BCUT2D eigenvalue weighted by Crippen LogP contribution is 2.02. The monoisotopic (exact) mass is 256 g/mol. The van der Waals surface area contributed by atoms with Crippen LogP contribution >= 0.6 is 0 Å². The highest BCUT2D eigenvalue weighted by Gasteiger charge is 2.11. The first-order valence-corrected chi connectivity index (χ1v) is 5.78. The number of carbonyl (C=O) groups excluding carboxylic acids is 1. The van der Waals surface area contributed by atoms with Crippen LogP contribution in [0, 0.1) is 0 Å². The molecule has 0 aromatic carbocycles. The lowest BCUT2D eigenvalue weighted by Gasteiger charge is -2.20. The average molecular weight is 256 g/mol. The highest BCUT2D eigenvalue weighted by atomic mass is 16.5. The molecule has 1 aromatic heterocycles. The van der Waals surface area contributed by atoms with E-state index < -0.39 is 0 Å². The molecule has 0 saturated carbocycles. The number of hydrogen-bond acceptors (Lipinski definition) is 6. The predicted octanol–water partition coefficient (Wildman–Crippen LogP) is -0.173. The standard InChI is InChI=1S/C11H20N4O3/c1-14-9-12-13-10(14)8-15(6-7-17-2)5-4-11(16)18-3/h9H,4-8H2,1-3H3. The van der Waals surface area contributed by atoms with Gasteiger partial charge in [-0.15, -0.1) is 10.2 Å². The molecular formula is C11H20N4O3. The summed E-state index contributed by atoms with van der Waals surface area (Å²) in [6, 6.07) is 0. The van der Waals surface area contributed by atoms with Gasteiger partial charge in [-0.05, 0) is 0 Å². The fourth-order valence-electron chi connectivity index (χ4n) is 1.49. The molecule has 0 N–H and O–H groups in total. The van der Waals surface area contributed by atoms with Crippen molar-refractivity contribution in [2.75, 3.05) is 33.9 Å². The Balaban J connectivity index is 2.49. The van der Waals surface area contributed by atoms with Gasteiger partial charge in [0.2, 0.25) is 0 Å². The van der Waals surface area contributed by atoms with E-state index in [2.05, 4.69) is 19.8 Å². The summed E-state index contributed by atoms with van der Waals surface area (Å²) in [5, 5.41) is 7.86. The van der Waals surface area contributed by atoms with Crippen LogP contribution in [0.2, 0.25) is 0 Å². The lowest BCUT2D eigenvalue weighted by molar-refractivity contribution is -0.141. The first-order valence-electron chi connectivity index (χ1n) is 5.78. The Hall–Kier alpha value is -1.47. The van der Waals surface area contributed by atoms with Gasteiger partial charge in [-0.1, -0.05) is 0 Å². The van der Waals surface area contributed by atoms with Gasteiger partial charge in [0.25, 0.3) is 0 Å². The van der Waals surface area contributed by atoms with E-state index >= 15 is 0 Å². The van der Waals surface area contributed by atoms with Crippen molar-refractivity contribution in [3.63, 3.8) is 0 Å². The topological polar surface area (TPSA) is 69.5 Å². The van der Waals surface area contributed by atoms with Crippen molar-refractivity contribution in [2.24, 2.45) is 7.05 Å². The van der Waals surface area contributed by atoms with Crippen molar-refractivity contribution in [1.82, 2.24) is 19.7 Å². The predicted molar refractivity (Wildman–Crippen MR) is 64.8 cm³/mol. The zero-order valence-electron chi connectivity index (χ0n) is 11.1. The number of ether oxygens (including phenoxy) is 2. The van der Waals surface area contributed by atoms with Gasteiger partial charge in [0.15, 0.2) is 0 Å². The summed E-state index contributed by atoms with van der Waals surface area (Å²) in [6.07, 6.45) is 2.02.